The highest BCUT2D eigenvalue weighted by atomic mass is 127. The van der Waals surface area contributed by atoms with Crippen LogP contribution in [-0.2, 0) is 6.42 Å². The molecule has 0 unspecified atom stereocenters. The molecule has 0 N–H and O–H groups in total. The molecule has 7 heteroatoms. The number of pyridine rings is 2. The molecule has 0 atom stereocenters. The van der Waals surface area contributed by atoms with Crippen LogP contribution in [0.25, 0.3) is 11.3 Å². The van der Waals surface area contributed by atoms with E-state index in [0.29, 0.717) is 6.42 Å². The number of nitrogens with zero attached hydrogens (tertiary/aromatic N) is 6. The topological polar surface area (TPSA) is 60.4 Å². The Morgan fingerprint density at radius 3 is 2.90 bits per heavy atom. The predicted molar refractivity (Wildman–Crippen MR) is 86.2 cm³/mol. The summed E-state index contributed by atoms with van der Waals surface area (Å²) in [5.74, 6) is 1.59. The third-order valence-electron chi connectivity index (χ3n) is 3.35. The molecule has 4 rings (SSSR count). The van der Waals surface area contributed by atoms with Crippen LogP contribution in [0.3, 0.4) is 0 Å². The van der Waals surface area contributed by atoms with Crippen LogP contribution in [0.5, 0.6) is 0 Å². The van der Waals surface area contributed by atoms with Gasteiger partial charge in [-0.2, -0.15) is 5.10 Å². The van der Waals surface area contributed by atoms with Crippen LogP contribution in [-0.4, -0.2) is 29.2 Å². The number of rotatable bonds is 2. The summed E-state index contributed by atoms with van der Waals surface area (Å²) in [7, 11) is 0. The van der Waals surface area contributed by atoms with Crippen LogP contribution in [0.1, 0.15) is 17.3 Å². The Hall–Kier alpha value is -2.03. The second kappa shape index (κ2) is 4.76. The zero-order chi connectivity index (χ0) is 14.4. The summed E-state index contributed by atoms with van der Waals surface area (Å²) >= 11 is 2.26. The Kier molecular flexibility index (Phi) is 2.88. The molecule has 4 aromatic heterocycles. The highest BCUT2D eigenvalue weighted by Gasteiger charge is 2.11. The molecule has 0 fully saturated rings. The molecular weight excluding hydrogens is 379 g/mol. The van der Waals surface area contributed by atoms with Crippen LogP contribution in [0.4, 0.5) is 0 Å². The summed E-state index contributed by atoms with van der Waals surface area (Å²) in [5.41, 5.74) is 2.76. The van der Waals surface area contributed by atoms with Crippen molar-refractivity contribution in [3.63, 3.8) is 0 Å². The van der Waals surface area contributed by atoms with E-state index in [0.717, 1.165) is 32.2 Å². The summed E-state index contributed by atoms with van der Waals surface area (Å²) in [5, 5.41) is 13.0. The van der Waals surface area contributed by atoms with Gasteiger partial charge in [0.2, 0.25) is 0 Å². The van der Waals surface area contributed by atoms with Gasteiger partial charge >= 0.3 is 0 Å². The monoisotopic (exact) mass is 390 g/mol. The Balaban J connectivity index is 1.77. The molecule has 0 spiro atoms. The van der Waals surface area contributed by atoms with E-state index in [4.69, 9.17) is 0 Å². The largest absolute Gasteiger partial charge is 0.286 e. The highest BCUT2D eigenvalue weighted by Crippen LogP contribution is 2.12. The second-order valence-corrected chi connectivity index (χ2v) is 6.08. The maximum absolute atomic E-state index is 4.54. The second-order valence-electron chi connectivity index (χ2n) is 4.83. The molecule has 0 aliphatic carbocycles. The summed E-state index contributed by atoms with van der Waals surface area (Å²) in [6.45, 7) is 2.01. The fourth-order valence-electron chi connectivity index (χ4n) is 2.33. The fraction of sp³-hybridized carbons (Fsp3) is 0.143. The number of halogens is 1. The Morgan fingerprint density at radius 2 is 2.05 bits per heavy atom. The molecule has 6 nitrogen and oxygen atoms in total. The van der Waals surface area contributed by atoms with E-state index >= 15 is 0 Å². The van der Waals surface area contributed by atoms with Gasteiger partial charge in [-0.25, -0.2) is 9.50 Å². The summed E-state index contributed by atoms with van der Waals surface area (Å²) in [4.78, 5) is 4.54. The standard InChI is InChI=1S/C14H11IN6/c1-9-3-2-4-12-16-11(19-21(9)12)8-14-18-17-13-7-10(15)5-6-20(13)14/h2-7H,8H2,1H3. The first-order valence-electron chi connectivity index (χ1n) is 6.51. The molecule has 0 amide bonds. The van der Waals surface area contributed by atoms with Crippen LogP contribution in [0, 0.1) is 10.5 Å². The Bertz CT molecular complexity index is 955. The minimum Gasteiger partial charge on any atom is -0.286 e. The van der Waals surface area contributed by atoms with E-state index < -0.39 is 0 Å². The van der Waals surface area contributed by atoms with E-state index in [1.165, 1.54) is 0 Å². The number of hydrogen-bond donors (Lipinski definition) is 0. The normalized spacial score (nSPS) is 11.5. The quantitative estimate of drug-likeness (QED) is 0.493. The number of hydrogen-bond acceptors (Lipinski definition) is 4. The molecule has 0 saturated carbocycles. The highest BCUT2D eigenvalue weighted by molar-refractivity contribution is 14.1. The van der Waals surface area contributed by atoms with Gasteiger partial charge < -0.3 is 0 Å². The van der Waals surface area contributed by atoms with Crippen LogP contribution >= 0.6 is 22.6 Å². The minimum absolute atomic E-state index is 0.558. The molecule has 4 aromatic rings. The van der Waals surface area contributed by atoms with Crippen molar-refractivity contribution in [2.45, 2.75) is 13.3 Å². The van der Waals surface area contributed by atoms with Gasteiger partial charge in [-0.15, -0.1) is 10.2 Å². The van der Waals surface area contributed by atoms with Crippen molar-refractivity contribution in [2.75, 3.05) is 0 Å². The average Bonchev–Trinajstić information content (AvgIpc) is 3.04. The summed E-state index contributed by atoms with van der Waals surface area (Å²) in [6, 6.07) is 9.98. The van der Waals surface area contributed by atoms with Crippen molar-refractivity contribution in [2.24, 2.45) is 0 Å². The van der Waals surface area contributed by atoms with Gasteiger partial charge in [0.25, 0.3) is 0 Å². The van der Waals surface area contributed by atoms with E-state index in [-0.39, 0.29) is 0 Å². The van der Waals surface area contributed by atoms with Crippen LogP contribution in [0.15, 0.2) is 36.5 Å². The fourth-order valence-corrected chi connectivity index (χ4v) is 2.77. The van der Waals surface area contributed by atoms with Crippen molar-refractivity contribution in [1.29, 1.82) is 0 Å². The van der Waals surface area contributed by atoms with Crippen molar-refractivity contribution >= 4 is 33.9 Å². The van der Waals surface area contributed by atoms with Gasteiger partial charge in [-0.3, -0.25) is 4.40 Å². The van der Waals surface area contributed by atoms with Crippen molar-refractivity contribution in [3.8, 4) is 0 Å². The van der Waals surface area contributed by atoms with Gasteiger partial charge in [-0.05, 0) is 53.8 Å². The summed E-state index contributed by atoms with van der Waals surface area (Å²) in [6.07, 6.45) is 2.54. The number of aromatic nitrogens is 6. The molecule has 4 heterocycles. The molecule has 0 bridgehead atoms. The lowest BCUT2D eigenvalue weighted by molar-refractivity contribution is 0.835. The number of fused-ring (bicyclic) bond motifs is 2. The van der Waals surface area contributed by atoms with E-state index in [1.54, 1.807) is 0 Å². The zero-order valence-electron chi connectivity index (χ0n) is 11.2. The van der Waals surface area contributed by atoms with Crippen molar-refractivity contribution < 1.29 is 0 Å². The van der Waals surface area contributed by atoms with Crippen LogP contribution in [0.2, 0.25) is 0 Å². The van der Waals surface area contributed by atoms with Crippen molar-refractivity contribution in [3.05, 3.63) is 57.4 Å². The molecular formula is C14H11IN6. The van der Waals surface area contributed by atoms with E-state index in [2.05, 4.69) is 42.9 Å². The predicted octanol–water partition coefficient (Wildman–Crippen LogP) is 2.28. The number of aryl methyl sites for hydroxylation is 1. The molecule has 0 aliphatic heterocycles. The maximum Gasteiger partial charge on any atom is 0.161 e. The Labute approximate surface area is 134 Å². The smallest absolute Gasteiger partial charge is 0.161 e. The lowest BCUT2D eigenvalue weighted by Crippen LogP contribution is -1.99. The van der Waals surface area contributed by atoms with Gasteiger partial charge in [0.1, 0.15) is 5.82 Å². The molecule has 0 aliphatic rings. The first kappa shape index (κ1) is 12.7. The lowest BCUT2D eigenvalue weighted by Gasteiger charge is -1.97. The minimum atomic E-state index is 0.558. The molecule has 104 valence electrons. The zero-order valence-corrected chi connectivity index (χ0v) is 13.4. The van der Waals surface area contributed by atoms with Gasteiger partial charge in [0.15, 0.2) is 17.1 Å². The first-order chi connectivity index (χ1) is 10.2. The third-order valence-corrected chi connectivity index (χ3v) is 4.02. The average molecular weight is 390 g/mol. The Morgan fingerprint density at radius 1 is 1.14 bits per heavy atom. The summed E-state index contributed by atoms with van der Waals surface area (Å²) < 4.78 is 4.96. The van der Waals surface area contributed by atoms with Gasteiger partial charge in [0.05, 0.1) is 6.42 Å². The SMILES string of the molecule is Cc1cccc2nc(Cc3nnc4cc(I)ccn34)nn12. The third kappa shape index (κ3) is 2.17. The molecule has 0 radical (unpaired) electrons. The van der Waals surface area contributed by atoms with Crippen LogP contribution < -0.4 is 0 Å². The van der Waals surface area contributed by atoms with E-state index in [1.807, 2.05) is 52.4 Å². The molecule has 0 aromatic carbocycles. The van der Waals surface area contributed by atoms with Crippen molar-refractivity contribution in [1.82, 2.24) is 29.2 Å². The molecule has 21 heavy (non-hydrogen) atoms. The lowest BCUT2D eigenvalue weighted by atomic mass is 10.4. The molecule has 0 saturated heterocycles. The van der Waals surface area contributed by atoms with Gasteiger partial charge in [-0.1, -0.05) is 6.07 Å². The van der Waals surface area contributed by atoms with E-state index in [9.17, 15) is 0 Å². The maximum atomic E-state index is 4.54. The first-order valence-corrected chi connectivity index (χ1v) is 7.59. The van der Waals surface area contributed by atoms with Gasteiger partial charge in [0, 0.05) is 15.5 Å².